The van der Waals surface area contributed by atoms with E-state index >= 15 is 0 Å². The second-order valence-electron chi connectivity index (χ2n) is 8.23. The molecule has 176 valence electrons. The van der Waals surface area contributed by atoms with Crippen LogP contribution in [0.25, 0.3) is 5.65 Å². The molecule has 4 aromatic rings. The molecule has 0 spiro atoms. The number of anilines is 1. The molecule has 10 heteroatoms. The summed E-state index contributed by atoms with van der Waals surface area (Å²) in [6.07, 6.45) is 4.01. The van der Waals surface area contributed by atoms with Gasteiger partial charge in [0.2, 0.25) is 12.7 Å². The van der Waals surface area contributed by atoms with Crippen molar-refractivity contribution >= 4 is 17.4 Å². The van der Waals surface area contributed by atoms with Crippen LogP contribution in [0.4, 0.5) is 5.82 Å². The van der Waals surface area contributed by atoms with Crippen molar-refractivity contribution in [3.8, 4) is 11.5 Å². The molecule has 0 radical (unpaired) electrons. The summed E-state index contributed by atoms with van der Waals surface area (Å²) >= 11 is 0. The topological polar surface area (TPSA) is 116 Å². The maximum atomic E-state index is 12.4. The van der Waals surface area contributed by atoms with Crippen LogP contribution >= 0.6 is 0 Å². The summed E-state index contributed by atoms with van der Waals surface area (Å²) in [4.78, 5) is 12.4. The Balaban J connectivity index is 1.15. The van der Waals surface area contributed by atoms with Crippen molar-refractivity contribution in [1.29, 1.82) is 0 Å². The fourth-order valence-electron chi connectivity index (χ4n) is 3.79. The van der Waals surface area contributed by atoms with E-state index in [0.29, 0.717) is 36.7 Å². The maximum Gasteiger partial charge on any atom is 0.231 e. The molecular formula is C24H26N6O4. The van der Waals surface area contributed by atoms with Crippen molar-refractivity contribution in [2.24, 2.45) is 0 Å². The van der Waals surface area contributed by atoms with E-state index in [1.807, 2.05) is 49.4 Å². The van der Waals surface area contributed by atoms with Gasteiger partial charge in [0.05, 0.1) is 6.26 Å². The molecule has 5 rings (SSSR count). The van der Waals surface area contributed by atoms with Crippen LogP contribution in [0.1, 0.15) is 36.9 Å². The Morgan fingerprint density at radius 1 is 1.12 bits per heavy atom. The van der Waals surface area contributed by atoms with Crippen molar-refractivity contribution in [3.05, 3.63) is 65.9 Å². The molecule has 4 heterocycles. The molecule has 34 heavy (non-hydrogen) atoms. The van der Waals surface area contributed by atoms with Gasteiger partial charge in [0.25, 0.3) is 0 Å². The molecule has 0 aliphatic carbocycles. The predicted octanol–water partition coefficient (Wildman–Crippen LogP) is 3.13. The smallest absolute Gasteiger partial charge is 0.231 e. The summed E-state index contributed by atoms with van der Waals surface area (Å²) in [6.45, 7) is 2.82. The highest BCUT2D eigenvalue weighted by molar-refractivity contribution is 5.76. The molecule has 1 aromatic carbocycles. The van der Waals surface area contributed by atoms with E-state index in [4.69, 9.17) is 13.9 Å². The number of aryl methyl sites for hydroxylation is 2. The van der Waals surface area contributed by atoms with Gasteiger partial charge in [-0.25, -0.2) is 0 Å². The number of amides is 1. The molecule has 1 aliphatic heterocycles. The number of hydrogen-bond donors (Lipinski definition) is 2. The Labute approximate surface area is 196 Å². The van der Waals surface area contributed by atoms with E-state index in [1.165, 1.54) is 0 Å². The van der Waals surface area contributed by atoms with Crippen LogP contribution in [0.5, 0.6) is 11.5 Å². The molecule has 10 nitrogen and oxygen atoms in total. The van der Waals surface area contributed by atoms with Crippen molar-refractivity contribution in [3.63, 3.8) is 0 Å². The largest absolute Gasteiger partial charge is 0.469 e. The first kappa shape index (κ1) is 21.7. The Morgan fingerprint density at radius 3 is 2.91 bits per heavy atom. The number of rotatable bonds is 10. The van der Waals surface area contributed by atoms with Gasteiger partial charge in [-0.1, -0.05) is 6.07 Å². The standard InChI is InChI=1S/C24H26N6O4/c1-16(4-6-18-3-2-12-32-18)26-24(31)11-10-23-28-27-22-9-8-21(29-30(22)23)25-14-17-5-7-19-20(13-17)34-15-33-19/h2-3,5,7-9,12-13,16H,4,6,10-11,14-15H2,1H3,(H,25,29)(H,26,31)/t16-/m0/s1. The van der Waals surface area contributed by atoms with E-state index in [-0.39, 0.29) is 18.7 Å². The first-order valence-corrected chi connectivity index (χ1v) is 11.3. The third-order valence-corrected chi connectivity index (χ3v) is 5.62. The average Bonchev–Trinajstić information content (AvgIpc) is 3.60. The molecule has 2 N–H and O–H groups in total. The minimum atomic E-state index is -0.0271. The molecule has 1 aliphatic rings. The van der Waals surface area contributed by atoms with Gasteiger partial charge in [-0.3, -0.25) is 4.79 Å². The lowest BCUT2D eigenvalue weighted by atomic mass is 10.1. The van der Waals surface area contributed by atoms with Gasteiger partial charge in [-0.15, -0.1) is 15.3 Å². The zero-order chi connectivity index (χ0) is 23.3. The third kappa shape index (κ3) is 5.11. The average molecular weight is 463 g/mol. The van der Waals surface area contributed by atoms with Gasteiger partial charge < -0.3 is 24.5 Å². The lowest BCUT2D eigenvalue weighted by Gasteiger charge is -2.13. The number of furan rings is 1. The van der Waals surface area contributed by atoms with Crippen LogP contribution < -0.4 is 20.1 Å². The Morgan fingerprint density at radius 2 is 2.03 bits per heavy atom. The number of aromatic nitrogens is 4. The van der Waals surface area contributed by atoms with Crippen LogP contribution in [0.2, 0.25) is 0 Å². The quantitative estimate of drug-likeness (QED) is 0.369. The van der Waals surface area contributed by atoms with Gasteiger partial charge in [-0.05, 0) is 55.3 Å². The minimum Gasteiger partial charge on any atom is -0.469 e. The summed E-state index contributed by atoms with van der Waals surface area (Å²) in [7, 11) is 0. The zero-order valence-electron chi connectivity index (χ0n) is 18.9. The number of carbonyl (C=O) groups is 1. The van der Waals surface area contributed by atoms with Crippen molar-refractivity contribution < 1.29 is 18.7 Å². The number of nitrogens with one attached hydrogen (secondary N) is 2. The Bertz CT molecular complexity index is 1270. The Kier molecular flexibility index (Phi) is 6.28. The molecule has 0 saturated heterocycles. The predicted molar refractivity (Wildman–Crippen MR) is 124 cm³/mol. The maximum absolute atomic E-state index is 12.4. The number of fused-ring (bicyclic) bond motifs is 2. The molecular weight excluding hydrogens is 436 g/mol. The molecule has 0 unspecified atom stereocenters. The van der Waals surface area contributed by atoms with Crippen molar-refractivity contribution in [2.75, 3.05) is 12.1 Å². The fourth-order valence-corrected chi connectivity index (χ4v) is 3.79. The monoisotopic (exact) mass is 462 g/mol. The summed E-state index contributed by atoms with van der Waals surface area (Å²) in [5.41, 5.74) is 1.68. The van der Waals surface area contributed by atoms with Gasteiger partial charge in [0.1, 0.15) is 11.6 Å². The van der Waals surface area contributed by atoms with Crippen LogP contribution in [0, 0.1) is 0 Å². The lowest BCUT2D eigenvalue weighted by molar-refractivity contribution is -0.121. The summed E-state index contributed by atoms with van der Waals surface area (Å²) in [5.74, 6) is 3.72. The van der Waals surface area contributed by atoms with Gasteiger partial charge >= 0.3 is 0 Å². The molecule has 1 atom stereocenters. The molecule has 0 bridgehead atoms. The second-order valence-corrected chi connectivity index (χ2v) is 8.23. The molecule has 0 fully saturated rings. The van der Waals surface area contributed by atoms with Crippen LogP contribution in [0.15, 0.2) is 53.1 Å². The van der Waals surface area contributed by atoms with E-state index < -0.39 is 0 Å². The van der Waals surface area contributed by atoms with Crippen LogP contribution in [0.3, 0.4) is 0 Å². The molecule has 0 saturated carbocycles. The Hall–Kier alpha value is -4.08. The number of ether oxygens (including phenoxy) is 2. The molecule has 3 aromatic heterocycles. The van der Waals surface area contributed by atoms with Crippen molar-refractivity contribution in [2.45, 2.75) is 45.2 Å². The lowest BCUT2D eigenvalue weighted by Crippen LogP contribution is -2.33. The third-order valence-electron chi connectivity index (χ3n) is 5.62. The van der Waals surface area contributed by atoms with E-state index in [9.17, 15) is 4.79 Å². The first-order chi connectivity index (χ1) is 16.6. The highest BCUT2D eigenvalue weighted by atomic mass is 16.7. The number of benzene rings is 1. The van der Waals surface area contributed by atoms with Gasteiger partial charge in [0, 0.05) is 31.8 Å². The highest BCUT2D eigenvalue weighted by Crippen LogP contribution is 2.32. The zero-order valence-corrected chi connectivity index (χ0v) is 18.9. The highest BCUT2D eigenvalue weighted by Gasteiger charge is 2.14. The molecule has 1 amide bonds. The SMILES string of the molecule is C[C@@H](CCc1ccco1)NC(=O)CCc1nnc2ccc(NCc3ccc4c(c3)OCO4)nn12. The summed E-state index contributed by atoms with van der Waals surface area (Å²) in [6, 6.07) is 13.4. The van der Waals surface area contributed by atoms with Crippen LogP contribution in [-0.2, 0) is 24.2 Å². The first-order valence-electron chi connectivity index (χ1n) is 11.3. The van der Waals surface area contributed by atoms with Crippen LogP contribution in [-0.4, -0.2) is 38.6 Å². The normalized spacial score (nSPS) is 13.2. The second kappa shape index (κ2) is 9.82. The number of hydrogen-bond acceptors (Lipinski definition) is 8. The van der Waals surface area contributed by atoms with E-state index in [1.54, 1.807) is 10.8 Å². The van der Waals surface area contributed by atoms with Gasteiger partial charge in [0.15, 0.2) is 23.0 Å². The van der Waals surface area contributed by atoms with E-state index in [0.717, 1.165) is 35.7 Å². The fraction of sp³-hybridized carbons (Fsp3) is 0.333. The number of nitrogens with zero attached hydrogens (tertiary/aromatic N) is 4. The van der Waals surface area contributed by atoms with Crippen molar-refractivity contribution in [1.82, 2.24) is 25.1 Å². The minimum absolute atomic E-state index is 0.0271. The summed E-state index contributed by atoms with van der Waals surface area (Å²) < 4.78 is 17.8. The summed E-state index contributed by atoms with van der Waals surface area (Å²) in [5, 5.41) is 19.3. The van der Waals surface area contributed by atoms with Gasteiger partial charge in [-0.2, -0.15) is 4.52 Å². The van der Waals surface area contributed by atoms with E-state index in [2.05, 4.69) is 25.9 Å². The number of carbonyl (C=O) groups excluding carboxylic acids is 1.